The van der Waals surface area contributed by atoms with E-state index in [1.807, 2.05) is 18.5 Å². The molecule has 0 amide bonds. The molecule has 0 fully saturated rings. The van der Waals surface area contributed by atoms with Crippen LogP contribution in [0.5, 0.6) is 0 Å². The number of allylic oxidation sites excluding steroid dienone is 4. The zero-order chi connectivity index (χ0) is 23.9. The molecule has 0 saturated heterocycles. The Hall–Kier alpha value is -4.63. The summed E-state index contributed by atoms with van der Waals surface area (Å²) in [6.07, 6.45) is 11.3. The summed E-state index contributed by atoms with van der Waals surface area (Å²) in [6.45, 7) is 0. The standard InChI is InChI=1S/C33H23N3/c1-3-11-27-23(7-1)9-5-13-29(27)32-30-19-18-24-8-2-4-12-28(24)31(30)35-33(36-32)25-16-14-22(15-17-25)26-10-6-20-34-21-26/h1-14,16-22H,15H2. The van der Waals surface area contributed by atoms with E-state index in [1.165, 1.54) is 21.7 Å². The maximum atomic E-state index is 5.21. The van der Waals surface area contributed by atoms with Gasteiger partial charge in [0.2, 0.25) is 0 Å². The van der Waals surface area contributed by atoms with Crippen molar-refractivity contribution in [3.8, 4) is 11.3 Å². The Bertz CT molecular complexity index is 1810. The molecule has 0 aliphatic heterocycles. The van der Waals surface area contributed by atoms with Crippen molar-refractivity contribution in [1.29, 1.82) is 0 Å². The van der Waals surface area contributed by atoms with Crippen molar-refractivity contribution in [2.24, 2.45) is 0 Å². The van der Waals surface area contributed by atoms with Gasteiger partial charge in [-0.25, -0.2) is 9.97 Å². The van der Waals surface area contributed by atoms with Gasteiger partial charge in [-0.15, -0.1) is 0 Å². The molecule has 1 aliphatic rings. The minimum absolute atomic E-state index is 0.321. The summed E-state index contributed by atoms with van der Waals surface area (Å²) in [6, 6.07) is 31.9. The zero-order valence-corrected chi connectivity index (χ0v) is 19.7. The summed E-state index contributed by atoms with van der Waals surface area (Å²) in [5.74, 6) is 1.09. The lowest BCUT2D eigenvalue weighted by atomic mass is 9.90. The van der Waals surface area contributed by atoms with Crippen LogP contribution >= 0.6 is 0 Å². The second-order valence-electron chi connectivity index (χ2n) is 9.25. The van der Waals surface area contributed by atoms with E-state index in [0.29, 0.717) is 5.92 Å². The minimum atomic E-state index is 0.321. The largest absolute Gasteiger partial charge is 0.264 e. The Labute approximate surface area is 209 Å². The first-order chi connectivity index (χ1) is 17.8. The molecule has 2 aromatic heterocycles. The van der Waals surface area contributed by atoms with Gasteiger partial charge in [-0.2, -0.15) is 0 Å². The molecule has 2 heterocycles. The second kappa shape index (κ2) is 8.54. The van der Waals surface area contributed by atoms with Gasteiger partial charge in [0.05, 0.1) is 11.2 Å². The average molecular weight is 462 g/mol. The first-order valence-electron chi connectivity index (χ1n) is 12.3. The molecular weight excluding hydrogens is 438 g/mol. The monoisotopic (exact) mass is 461 g/mol. The first kappa shape index (κ1) is 20.7. The van der Waals surface area contributed by atoms with Gasteiger partial charge >= 0.3 is 0 Å². The van der Waals surface area contributed by atoms with Gasteiger partial charge in [0.1, 0.15) is 0 Å². The summed E-state index contributed by atoms with van der Waals surface area (Å²) in [5, 5.41) is 5.81. The van der Waals surface area contributed by atoms with E-state index in [-0.39, 0.29) is 0 Å². The molecule has 0 spiro atoms. The second-order valence-corrected chi connectivity index (χ2v) is 9.25. The number of nitrogens with zero attached hydrogens (tertiary/aromatic N) is 3. The number of hydrogen-bond donors (Lipinski definition) is 0. The van der Waals surface area contributed by atoms with E-state index >= 15 is 0 Å². The lowest BCUT2D eigenvalue weighted by Gasteiger charge is -2.17. The molecular formula is C33H23N3. The predicted octanol–water partition coefficient (Wildman–Crippen LogP) is 8.13. The van der Waals surface area contributed by atoms with Gasteiger partial charge in [-0.05, 0) is 40.3 Å². The van der Waals surface area contributed by atoms with Crippen molar-refractivity contribution in [2.45, 2.75) is 12.3 Å². The van der Waals surface area contributed by atoms with Gasteiger partial charge in [0.15, 0.2) is 5.82 Å². The van der Waals surface area contributed by atoms with E-state index in [4.69, 9.17) is 9.97 Å². The normalized spacial score (nSPS) is 15.4. The summed E-state index contributed by atoms with van der Waals surface area (Å²) in [5.41, 5.74) is 5.38. The van der Waals surface area contributed by atoms with Crippen LogP contribution in [0.25, 0.3) is 49.3 Å². The summed E-state index contributed by atoms with van der Waals surface area (Å²) >= 11 is 0. The highest BCUT2D eigenvalue weighted by Gasteiger charge is 2.18. The molecule has 1 atom stereocenters. The highest BCUT2D eigenvalue weighted by atomic mass is 14.9. The highest BCUT2D eigenvalue weighted by molar-refractivity contribution is 6.12. The van der Waals surface area contributed by atoms with E-state index in [2.05, 4.69) is 108 Å². The van der Waals surface area contributed by atoms with E-state index in [0.717, 1.165) is 45.4 Å². The van der Waals surface area contributed by atoms with Gasteiger partial charge in [0, 0.05) is 40.2 Å². The Kier molecular flexibility index (Phi) is 4.92. The van der Waals surface area contributed by atoms with Crippen LogP contribution in [0.2, 0.25) is 0 Å². The van der Waals surface area contributed by atoms with Crippen LogP contribution in [0.4, 0.5) is 0 Å². The molecule has 3 nitrogen and oxygen atoms in total. The third kappa shape index (κ3) is 3.48. The fourth-order valence-corrected chi connectivity index (χ4v) is 5.26. The number of fused-ring (bicyclic) bond motifs is 4. The molecule has 7 rings (SSSR count). The van der Waals surface area contributed by atoms with Crippen molar-refractivity contribution in [3.63, 3.8) is 0 Å². The summed E-state index contributed by atoms with van der Waals surface area (Å²) in [7, 11) is 0. The van der Waals surface area contributed by atoms with Crippen LogP contribution in [-0.2, 0) is 0 Å². The van der Waals surface area contributed by atoms with Gasteiger partial charge in [0.25, 0.3) is 0 Å². The molecule has 4 aromatic carbocycles. The number of aromatic nitrogens is 3. The Morgan fingerprint density at radius 2 is 1.47 bits per heavy atom. The summed E-state index contributed by atoms with van der Waals surface area (Å²) < 4.78 is 0. The third-order valence-corrected chi connectivity index (χ3v) is 7.11. The molecule has 170 valence electrons. The van der Waals surface area contributed by atoms with Crippen LogP contribution in [0.1, 0.15) is 23.7 Å². The predicted molar refractivity (Wildman–Crippen MR) is 149 cm³/mol. The maximum absolute atomic E-state index is 5.21. The van der Waals surface area contributed by atoms with Crippen LogP contribution in [-0.4, -0.2) is 15.0 Å². The highest BCUT2D eigenvalue weighted by Crippen LogP contribution is 2.37. The van der Waals surface area contributed by atoms with Gasteiger partial charge < -0.3 is 0 Å². The van der Waals surface area contributed by atoms with E-state index < -0.39 is 0 Å². The third-order valence-electron chi connectivity index (χ3n) is 7.11. The molecule has 1 unspecified atom stereocenters. The molecule has 36 heavy (non-hydrogen) atoms. The quantitative estimate of drug-likeness (QED) is 0.250. The Morgan fingerprint density at radius 1 is 0.667 bits per heavy atom. The number of pyridine rings is 1. The Morgan fingerprint density at radius 3 is 2.28 bits per heavy atom. The van der Waals surface area contributed by atoms with Crippen molar-refractivity contribution >= 4 is 38.0 Å². The van der Waals surface area contributed by atoms with Crippen LogP contribution < -0.4 is 0 Å². The molecule has 3 heteroatoms. The van der Waals surface area contributed by atoms with Crippen molar-refractivity contribution < 1.29 is 0 Å². The minimum Gasteiger partial charge on any atom is -0.264 e. The zero-order valence-electron chi connectivity index (χ0n) is 19.7. The molecule has 0 saturated carbocycles. The number of rotatable bonds is 3. The fourth-order valence-electron chi connectivity index (χ4n) is 5.26. The number of hydrogen-bond acceptors (Lipinski definition) is 3. The van der Waals surface area contributed by atoms with Crippen LogP contribution in [0.3, 0.4) is 0 Å². The van der Waals surface area contributed by atoms with E-state index in [1.54, 1.807) is 0 Å². The van der Waals surface area contributed by atoms with Crippen LogP contribution in [0, 0.1) is 0 Å². The first-order valence-corrected chi connectivity index (χ1v) is 12.3. The SMILES string of the molecule is C1=CC(c2cccnc2)CC=C1c1nc(-c2cccc3ccccc23)c2ccc3ccccc3c2n1. The van der Waals surface area contributed by atoms with Gasteiger partial charge in [-0.3, -0.25) is 4.98 Å². The van der Waals surface area contributed by atoms with Gasteiger partial charge in [-0.1, -0.05) is 97.1 Å². The van der Waals surface area contributed by atoms with E-state index in [9.17, 15) is 0 Å². The summed E-state index contributed by atoms with van der Waals surface area (Å²) in [4.78, 5) is 14.6. The Balaban J connectivity index is 1.44. The van der Waals surface area contributed by atoms with Crippen molar-refractivity contribution in [3.05, 3.63) is 133 Å². The lowest BCUT2D eigenvalue weighted by molar-refractivity contribution is 0.847. The van der Waals surface area contributed by atoms with Crippen LogP contribution in [0.15, 0.2) is 122 Å². The molecule has 1 aliphatic carbocycles. The average Bonchev–Trinajstić information content (AvgIpc) is 2.97. The fraction of sp³-hybridized carbons (Fsp3) is 0.0606. The smallest absolute Gasteiger partial charge is 0.160 e. The molecule has 0 bridgehead atoms. The molecule has 0 radical (unpaired) electrons. The number of benzene rings is 4. The maximum Gasteiger partial charge on any atom is 0.160 e. The van der Waals surface area contributed by atoms with Crippen molar-refractivity contribution in [1.82, 2.24) is 15.0 Å². The molecule has 0 N–H and O–H groups in total. The molecule has 6 aromatic rings. The topological polar surface area (TPSA) is 38.7 Å². The lowest BCUT2D eigenvalue weighted by Crippen LogP contribution is -2.03. The van der Waals surface area contributed by atoms with Crippen molar-refractivity contribution in [2.75, 3.05) is 0 Å².